The molecule has 3 aromatic rings. The number of hydrogen-bond acceptors (Lipinski definition) is 5. The van der Waals surface area contributed by atoms with E-state index in [4.69, 9.17) is 14.1 Å². The number of nitrogens with zero attached hydrogens (tertiary/aromatic N) is 2. The minimum Gasteiger partial charge on any atom is -0.334 e. The third kappa shape index (κ3) is 4.22. The van der Waals surface area contributed by atoms with Crippen molar-refractivity contribution in [3.8, 4) is 22.8 Å². The largest absolute Gasteiger partial charge is 0.373 e. The molecule has 5 nitrogen and oxygen atoms in total. The highest BCUT2D eigenvalue weighted by Crippen LogP contribution is 2.23. The molecule has 5 heteroatoms. The van der Waals surface area contributed by atoms with Crippen LogP contribution in [0.5, 0.6) is 0 Å². The molecule has 0 atom stereocenters. The van der Waals surface area contributed by atoms with Crippen LogP contribution in [-0.2, 0) is 9.59 Å². The second kappa shape index (κ2) is 7.82. The van der Waals surface area contributed by atoms with Crippen molar-refractivity contribution in [3.05, 3.63) is 60.2 Å². The van der Waals surface area contributed by atoms with Gasteiger partial charge < -0.3 is 4.52 Å². The zero-order valence-electron chi connectivity index (χ0n) is 12.9. The molecule has 0 saturated carbocycles. The van der Waals surface area contributed by atoms with Crippen molar-refractivity contribution in [2.45, 2.75) is 19.8 Å². The van der Waals surface area contributed by atoms with Crippen LogP contribution in [0.1, 0.15) is 25.3 Å². The van der Waals surface area contributed by atoms with Gasteiger partial charge in [-0.3, -0.25) is 0 Å². The molecule has 0 aliphatic rings. The number of hydrogen-bond donors (Lipinski definition) is 0. The van der Waals surface area contributed by atoms with Crippen LogP contribution in [0.2, 0.25) is 0 Å². The third-order valence-electron chi connectivity index (χ3n) is 3.28. The van der Waals surface area contributed by atoms with Gasteiger partial charge in [-0.2, -0.15) is 14.6 Å². The average molecular weight is 308 g/mol. The van der Waals surface area contributed by atoms with Gasteiger partial charge in [-0.25, -0.2) is 0 Å². The van der Waals surface area contributed by atoms with Gasteiger partial charge >= 0.3 is 6.15 Å². The van der Waals surface area contributed by atoms with Gasteiger partial charge in [-0.15, -0.1) is 0 Å². The summed E-state index contributed by atoms with van der Waals surface area (Å²) < 4.78 is 5.32. The lowest BCUT2D eigenvalue weighted by molar-refractivity contribution is -0.191. The van der Waals surface area contributed by atoms with Gasteiger partial charge in [0.2, 0.25) is 5.82 Å². The Morgan fingerprint density at radius 3 is 2.09 bits per heavy atom. The van der Waals surface area contributed by atoms with Crippen LogP contribution in [-0.4, -0.2) is 16.3 Å². The lowest BCUT2D eigenvalue weighted by Crippen LogP contribution is -1.87. The maximum absolute atomic E-state index is 8.12. The Morgan fingerprint density at radius 2 is 1.52 bits per heavy atom. The Kier molecular flexibility index (Phi) is 5.56. The van der Waals surface area contributed by atoms with E-state index in [2.05, 4.69) is 36.1 Å². The van der Waals surface area contributed by atoms with Crippen molar-refractivity contribution in [1.29, 1.82) is 0 Å². The number of carbonyl (C=O) groups excluding carboxylic acids is 2. The minimum absolute atomic E-state index is 0.250. The van der Waals surface area contributed by atoms with Crippen LogP contribution in [0.15, 0.2) is 59.1 Å². The molecule has 0 saturated heterocycles. The van der Waals surface area contributed by atoms with E-state index in [0.717, 1.165) is 11.1 Å². The van der Waals surface area contributed by atoms with Crippen molar-refractivity contribution in [2.24, 2.45) is 0 Å². The van der Waals surface area contributed by atoms with Crippen molar-refractivity contribution >= 4 is 6.15 Å². The highest BCUT2D eigenvalue weighted by atomic mass is 16.5. The van der Waals surface area contributed by atoms with E-state index >= 15 is 0 Å². The van der Waals surface area contributed by atoms with E-state index in [0.29, 0.717) is 17.6 Å². The Bertz CT molecular complexity index is 772. The summed E-state index contributed by atoms with van der Waals surface area (Å²) in [6.45, 7) is 4.35. The van der Waals surface area contributed by atoms with Crippen LogP contribution in [0, 0.1) is 0 Å². The summed E-state index contributed by atoms with van der Waals surface area (Å²) >= 11 is 0. The second-order valence-electron chi connectivity index (χ2n) is 5.15. The predicted octanol–water partition coefficient (Wildman–Crippen LogP) is 3.94. The summed E-state index contributed by atoms with van der Waals surface area (Å²) in [4.78, 5) is 20.7. The van der Waals surface area contributed by atoms with Crippen molar-refractivity contribution in [2.75, 3.05) is 0 Å². The number of rotatable bonds is 3. The monoisotopic (exact) mass is 308 g/mol. The summed E-state index contributed by atoms with van der Waals surface area (Å²) in [5, 5.41) is 4.05. The molecular formula is C18H16N2O3. The molecular weight excluding hydrogens is 292 g/mol. The maximum Gasteiger partial charge on any atom is 0.373 e. The Labute approximate surface area is 134 Å². The first kappa shape index (κ1) is 16.3. The molecule has 1 aromatic heterocycles. The molecule has 116 valence electrons. The zero-order valence-corrected chi connectivity index (χ0v) is 12.9. The molecule has 0 unspecified atom stereocenters. The Hall–Kier alpha value is -3.04. The minimum atomic E-state index is 0.250. The van der Waals surface area contributed by atoms with E-state index in [1.54, 1.807) is 0 Å². The van der Waals surface area contributed by atoms with Crippen molar-refractivity contribution in [1.82, 2.24) is 10.1 Å². The molecule has 2 aromatic carbocycles. The lowest BCUT2D eigenvalue weighted by Gasteiger charge is -2.04. The first-order valence-corrected chi connectivity index (χ1v) is 7.14. The lowest BCUT2D eigenvalue weighted by atomic mass is 10.0. The standard InChI is InChI=1S/C17H16N2O.CO2/c1-12(2)13-8-10-14(11-9-13)16-18-17(20-19-16)15-6-4-3-5-7-15;2-1-3/h3-12H,1-2H3;. The topological polar surface area (TPSA) is 73.1 Å². The van der Waals surface area contributed by atoms with Gasteiger partial charge in [0.15, 0.2) is 0 Å². The fourth-order valence-electron chi connectivity index (χ4n) is 2.06. The number of benzene rings is 2. The first-order valence-electron chi connectivity index (χ1n) is 7.14. The molecule has 3 rings (SSSR count). The van der Waals surface area contributed by atoms with Crippen LogP contribution in [0.25, 0.3) is 22.8 Å². The molecule has 0 fully saturated rings. The first-order chi connectivity index (χ1) is 11.2. The molecule has 0 spiro atoms. The van der Waals surface area contributed by atoms with Crippen molar-refractivity contribution < 1.29 is 14.1 Å². The van der Waals surface area contributed by atoms with Gasteiger partial charge in [-0.05, 0) is 23.6 Å². The fourth-order valence-corrected chi connectivity index (χ4v) is 2.06. The SMILES string of the molecule is CC(C)c1ccc(-c2noc(-c3ccccc3)n2)cc1.O=C=O. The fraction of sp³-hybridized carbons (Fsp3) is 0.167. The Morgan fingerprint density at radius 1 is 0.913 bits per heavy atom. The quantitative estimate of drug-likeness (QED) is 0.732. The van der Waals surface area contributed by atoms with Gasteiger partial charge in [0.05, 0.1) is 0 Å². The van der Waals surface area contributed by atoms with E-state index < -0.39 is 0 Å². The van der Waals surface area contributed by atoms with Crippen LogP contribution in [0.4, 0.5) is 0 Å². The average Bonchev–Trinajstić information content (AvgIpc) is 3.06. The molecule has 0 N–H and O–H groups in total. The summed E-state index contributed by atoms with van der Waals surface area (Å²) in [5.41, 5.74) is 3.21. The smallest absolute Gasteiger partial charge is 0.334 e. The van der Waals surface area contributed by atoms with E-state index in [-0.39, 0.29) is 6.15 Å². The van der Waals surface area contributed by atoms with Gasteiger partial charge in [0, 0.05) is 11.1 Å². The molecule has 23 heavy (non-hydrogen) atoms. The zero-order chi connectivity index (χ0) is 16.7. The normalized spacial score (nSPS) is 9.87. The van der Waals surface area contributed by atoms with Gasteiger partial charge in [0.1, 0.15) is 0 Å². The molecule has 0 radical (unpaired) electrons. The number of aromatic nitrogens is 2. The predicted molar refractivity (Wildman–Crippen MR) is 84.3 cm³/mol. The third-order valence-corrected chi connectivity index (χ3v) is 3.28. The highest BCUT2D eigenvalue weighted by molar-refractivity contribution is 5.59. The van der Waals surface area contributed by atoms with E-state index in [1.807, 2.05) is 42.5 Å². The van der Waals surface area contributed by atoms with Gasteiger partial charge in [-0.1, -0.05) is 61.5 Å². The molecule has 0 amide bonds. The summed E-state index contributed by atoms with van der Waals surface area (Å²) in [6.07, 6.45) is 0.250. The molecule has 0 aliphatic carbocycles. The van der Waals surface area contributed by atoms with Crippen LogP contribution < -0.4 is 0 Å². The highest BCUT2D eigenvalue weighted by Gasteiger charge is 2.10. The van der Waals surface area contributed by atoms with Crippen molar-refractivity contribution in [3.63, 3.8) is 0 Å². The summed E-state index contributed by atoms with van der Waals surface area (Å²) in [7, 11) is 0. The van der Waals surface area contributed by atoms with Crippen LogP contribution >= 0.6 is 0 Å². The summed E-state index contributed by atoms with van der Waals surface area (Å²) in [5.74, 6) is 1.70. The summed E-state index contributed by atoms with van der Waals surface area (Å²) in [6, 6.07) is 18.1. The van der Waals surface area contributed by atoms with E-state index in [1.165, 1.54) is 5.56 Å². The van der Waals surface area contributed by atoms with Gasteiger partial charge in [0.25, 0.3) is 5.89 Å². The molecule has 1 heterocycles. The second-order valence-corrected chi connectivity index (χ2v) is 5.15. The van der Waals surface area contributed by atoms with E-state index in [9.17, 15) is 0 Å². The Balaban J connectivity index is 0.000000595. The van der Waals surface area contributed by atoms with Crippen LogP contribution in [0.3, 0.4) is 0 Å². The molecule has 0 aliphatic heterocycles. The maximum atomic E-state index is 8.12. The molecule has 0 bridgehead atoms.